The van der Waals surface area contributed by atoms with E-state index < -0.39 is 12.2 Å². The highest BCUT2D eigenvalue weighted by molar-refractivity contribution is 5.40. The molecule has 1 aromatic heterocycles. The molecule has 6 heteroatoms. The smallest absolute Gasteiger partial charge is 0.164 e. The molecular formula is C14H17N3O3. The average molecular weight is 275 g/mol. The van der Waals surface area contributed by atoms with Crippen molar-refractivity contribution < 1.29 is 14.6 Å². The van der Waals surface area contributed by atoms with Crippen LogP contribution in [-0.4, -0.2) is 32.8 Å². The first-order chi connectivity index (χ1) is 9.79. The highest BCUT2D eigenvalue weighted by Crippen LogP contribution is 2.34. The van der Waals surface area contributed by atoms with Gasteiger partial charge in [0.1, 0.15) is 12.7 Å². The van der Waals surface area contributed by atoms with Gasteiger partial charge in [0, 0.05) is 6.54 Å². The Bertz CT molecular complexity index is 585. The molecule has 0 amide bonds. The Kier molecular flexibility index (Phi) is 3.56. The first-order valence-corrected chi connectivity index (χ1v) is 6.74. The maximum absolute atomic E-state index is 10.5. The van der Waals surface area contributed by atoms with Crippen LogP contribution in [0.25, 0.3) is 0 Å². The second-order valence-corrected chi connectivity index (χ2v) is 4.74. The maximum atomic E-state index is 10.5. The van der Waals surface area contributed by atoms with Crippen LogP contribution in [0, 0.1) is 0 Å². The Balaban J connectivity index is 1.78. The van der Waals surface area contributed by atoms with Gasteiger partial charge in [-0.2, -0.15) is 0 Å². The zero-order chi connectivity index (χ0) is 13.9. The Labute approximate surface area is 116 Å². The molecule has 6 nitrogen and oxygen atoms in total. The average Bonchev–Trinajstić information content (AvgIpc) is 2.94. The van der Waals surface area contributed by atoms with Gasteiger partial charge in [-0.05, 0) is 18.6 Å². The van der Waals surface area contributed by atoms with Gasteiger partial charge < -0.3 is 14.6 Å². The standard InChI is InChI=1S/C14H17N3O3/c1-2-7-17-10(8-15-16-17)14(18)13-9-19-11-5-3-4-6-12(11)20-13/h3-6,8,13-14,18H,2,7,9H2,1H3. The van der Waals surface area contributed by atoms with E-state index in [1.54, 1.807) is 10.9 Å². The number of rotatable bonds is 4. The summed E-state index contributed by atoms with van der Waals surface area (Å²) in [5.41, 5.74) is 0.653. The molecule has 0 aliphatic carbocycles. The molecule has 1 aliphatic heterocycles. The molecule has 0 fully saturated rings. The monoisotopic (exact) mass is 275 g/mol. The Hall–Kier alpha value is -2.08. The molecule has 2 heterocycles. The number of nitrogens with zero attached hydrogens (tertiary/aromatic N) is 3. The third-order valence-corrected chi connectivity index (χ3v) is 3.27. The van der Waals surface area contributed by atoms with Gasteiger partial charge in [0.2, 0.25) is 0 Å². The molecule has 0 saturated carbocycles. The maximum Gasteiger partial charge on any atom is 0.164 e. The predicted molar refractivity (Wildman–Crippen MR) is 71.6 cm³/mol. The van der Waals surface area contributed by atoms with Crippen molar-refractivity contribution in [2.45, 2.75) is 32.1 Å². The van der Waals surface area contributed by atoms with E-state index >= 15 is 0 Å². The van der Waals surface area contributed by atoms with Crippen molar-refractivity contribution in [1.82, 2.24) is 15.0 Å². The van der Waals surface area contributed by atoms with Crippen LogP contribution in [0.3, 0.4) is 0 Å². The summed E-state index contributed by atoms with van der Waals surface area (Å²) in [6.07, 6.45) is 1.22. The van der Waals surface area contributed by atoms with Crippen molar-refractivity contribution in [3.8, 4) is 11.5 Å². The molecule has 0 saturated heterocycles. The molecule has 0 bridgehead atoms. The number of aromatic nitrogens is 3. The van der Waals surface area contributed by atoms with Crippen LogP contribution in [-0.2, 0) is 6.54 Å². The van der Waals surface area contributed by atoms with Gasteiger partial charge in [-0.1, -0.05) is 24.3 Å². The number of hydrogen-bond donors (Lipinski definition) is 1. The first kappa shape index (κ1) is 12.9. The Morgan fingerprint density at radius 3 is 3.00 bits per heavy atom. The minimum absolute atomic E-state index is 0.301. The van der Waals surface area contributed by atoms with Crippen molar-refractivity contribution in [3.63, 3.8) is 0 Å². The molecule has 1 aliphatic rings. The van der Waals surface area contributed by atoms with Crippen molar-refractivity contribution in [1.29, 1.82) is 0 Å². The molecular weight excluding hydrogens is 258 g/mol. The lowest BCUT2D eigenvalue weighted by molar-refractivity contribution is -0.0153. The molecule has 1 aromatic carbocycles. The molecule has 20 heavy (non-hydrogen) atoms. The number of aliphatic hydroxyl groups is 1. The van der Waals surface area contributed by atoms with Crippen molar-refractivity contribution >= 4 is 0 Å². The molecule has 3 rings (SSSR count). The van der Waals surface area contributed by atoms with E-state index in [2.05, 4.69) is 10.3 Å². The normalized spacial score (nSPS) is 18.8. The summed E-state index contributed by atoms with van der Waals surface area (Å²) >= 11 is 0. The minimum Gasteiger partial charge on any atom is -0.486 e. The van der Waals surface area contributed by atoms with E-state index in [0.29, 0.717) is 23.8 Å². The number of para-hydroxylation sites is 2. The second kappa shape index (κ2) is 5.50. The summed E-state index contributed by atoms with van der Waals surface area (Å²) in [6.45, 7) is 3.07. The van der Waals surface area contributed by atoms with Crippen LogP contribution < -0.4 is 9.47 Å². The Morgan fingerprint density at radius 1 is 1.40 bits per heavy atom. The molecule has 2 unspecified atom stereocenters. The summed E-state index contributed by atoms with van der Waals surface area (Å²) in [7, 11) is 0. The number of ether oxygens (including phenoxy) is 2. The van der Waals surface area contributed by atoms with Gasteiger partial charge in [0.15, 0.2) is 17.6 Å². The van der Waals surface area contributed by atoms with Gasteiger partial charge in [-0.15, -0.1) is 5.10 Å². The van der Waals surface area contributed by atoms with E-state index in [0.717, 1.165) is 13.0 Å². The van der Waals surface area contributed by atoms with Gasteiger partial charge in [0.25, 0.3) is 0 Å². The first-order valence-electron chi connectivity index (χ1n) is 6.74. The molecule has 106 valence electrons. The highest BCUT2D eigenvalue weighted by Gasteiger charge is 2.30. The zero-order valence-corrected chi connectivity index (χ0v) is 11.3. The van der Waals surface area contributed by atoms with E-state index in [1.165, 1.54) is 0 Å². The van der Waals surface area contributed by atoms with E-state index in [9.17, 15) is 5.11 Å². The molecule has 1 N–H and O–H groups in total. The van der Waals surface area contributed by atoms with Gasteiger partial charge in [-0.3, -0.25) is 0 Å². The van der Waals surface area contributed by atoms with Crippen LogP contribution in [0.15, 0.2) is 30.5 Å². The molecule has 0 radical (unpaired) electrons. The summed E-state index contributed by atoms with van der Waals surface area (Å²) < 4.78 is 13.1. The summed E-state index contributed by atoms with van der Waals surface area (Å²) in [4.78, 5) is 0. The highest BCUT2D eigenvalue weighted by atomic mass is 16.6. The fourth-order valence-corrected chi connectivity index (χ4v) is 2.26. The summed E-state index contributed by atoms with van der Waals surface area (Å²) in [5.74, 6) is 1.36. The largest absolute Gasteiger partial charge is 0.486 e. The number of fused-ring (bicyclic) bond motifs is 1. The van der Waals surface area contributed by atoms with Crippen molar-refractivity contribution in [3.05, 3.63) is 36.2 Å². The van der Waals surface area contributed by atoms with Crippen LogP contribution in [0.5, 0.6) is 11.5 Å². The van der Waals surface area contributed by atoms with E-state index in [1.807, 2.05) is 31.2 Å². The van der Waals surface area contributed by atoms with Crippen LogP contribution in [0.2, 0.25) is 0 Å². The summed E-state index contributed by atoms with van der Waals surface area (Å²) in [5, 5.41) is 18.3. The van der Waals surface area contributed by atoms with Crippen LogP contribution >= 0.6 is 0 Å². The van der Waals surface area contributed by atoms with Crippen molar-refractivity contribution in [2.75, 3.05) is 6.61 Å². The van der Waals surface area contributed by atoms with Gasteiger partial charge >= 0.3 is 0 Å². The number of benzene rings is 1. The topological polar surface area (TPSA) is 69.4 Å². The van der Waals surface area contributed by atoms with Crippen LogP contribution in [0.4, 0.5) is 0 Å². The number of aliphatic hydroxyl groups excluding tert-OH is 1. The fourth-order valence-electron chi connectivity index (χ4n) is 2.26. The van der Waals surface area contributed by atoms with E-state index in [-0.39, 0.29) is 0 Å². The van der Waals surface area contributed by atoms with Crippen LogP contribution in [0.1, 0.15) is 25.1 Å². The lowest BCUT2D eigenvalue weighted by Crippen LogP contribution is -2.35. The van der Waals surface area contributed by atoms with E-state index in [4.69, 9.17) is 9.47 Å². The lowest BCUT2D eigenvalue weighted by atomic mass is 10.1. The van der Waals surface area contributed by atoms with Crippen molar-refractivity contribution in [2.24, 2.45) is 0 Å². The SMILES string of the molecule is CCCn1nncc1C(O)C1COc2ccccc2O1. The zero-order valence-electron chi connectivity index (χ0n) is 11.3. The Morgan fingerprint density at radius 2 is 2.20 bits per heavy atom. The lowest BCUT2D eigenvalue weighted by Gasteiger charge is -2.29. The van der Waals surface area contributed by atoms with Gasteiger partial charge in [-0.25, -0.2) is 4.68 Å². The third-order valence-electron chi connectivity index (χ3n) is 3.27. The second-order valence-electron chi connectivity index (χ2n) is 4.74. The predicted octanol–water partition coefficient (Wildman–Crippen LogP) is 1.56. The molecule has 0 spiro atoms. The van der Waals surface area contributed by atoms with Gasteiger partial charge in [0.05, 0.1) is 11.9 Å². The number of hydrogen-bond acceptors (Lipinski definition) is 5. The molecule has 2 aromatic rings. The fraction of sp³-hybridized carbons (Fsp3) is 0.429. The summed E-state index contributed by atoms with van der Waals surface area (Å²) in [6, 6.07) is 7.44. The minimum atomic E-state index is -0.815. The molecule has 2 atom stereocenters. The quantitative estimate of drug-likeness (QED) is 0.917. The third kappa shape index (κ3) is 2.34. The number of aryl methyl sites for hydroxylation is 1.